The third-order valence-electron chi connectivity index (χ3n) is 2.71. The molecule has 0 atom stereocenters. The Morgan fingerprint density at radius 1 is 1.10 bits per heavy atom. The summed E-state index contributed by atoms with van der Waals surface area (Å²) in [6.07, 6.45) is 3.34. The van der Waals surface area contributed by atoms with Crippen molar-refractivity contribution in [2.45, 2.75) is 10.2 Å². The van der Waals surface area contributed by atoms with Crippen molar-refractivity contribution >= 4 is 28.5 Å². The summed E-state index contributed by atoms with van der Waals surface area (Å²) in [5.74, 6) is -0.0123. The molecule has 6 heteroatoms. The SMILES string of the molecule is N=C(N)c1cc2ccccc2nc1Sc1ncccn1. The second-order valence-electron chi connectivity index (χ2n) is 4.08. The number of nitrogens with two attached hydrogens (primary N) is 1. The van der Waals surface area contributed by atoms with E-state index in [1.165, 1.54) is 11.8 Å². The summed E-state index contributed by atoms with van der Waals surface area (Å²) in [7, 11) is 0. The Bertz CT molecular complexity index is 773. The molecule has 0 unspecified atom stereocenters. The van der Waals surface area contributed by atoms with Gasteiger partial charge in [-0.25, -0.2) is 15.0 Å². The highest BCUT2D eigenvalue weighted by Gasteiger charge is 2.12. The molecule has 0 fully saturated rings. The van der Waals surface area contributed by atoms with Gasteiger partial charge in [-0.2, -0.15) is 0 Å². The van der Waals surface area contributed by atoms with E-state index in [0.717, 1.165) is 10.9 Å². The van der Waals surface area contributed by atoms with Crippen molar-refractivity contribution < 1.29 is 0 Å². The quantitative estimate of drug-likeness (QED) is 0.437. The molecule has 1 aromatic carbocycles. The number of nitrogen functional groups attached to an aromatic ring is 1. The van der Waals surface area contributed by atoms with E-state index in [9.17, 15) is 0 Å². The highest BCUT2D eigenvalue weighted by Crippen LogP contribution is 2.28. The van der Waals surface area contributed by atoms with Crippen LogP contribution in [0.3, 0.4) is 0 Å². The van der Waals surface area contributed by atoms with E-state index in [0.29, 0.717) is 15.7 Å². The van der Waals surface area contributed by atoms with Crippen LogP contribution in [-0.4, -0.2) is 20.8 Å². The Kier molecular flexibility index (Phi) is 3.30. The maximum Gasteiger partial charge on any atom is 0.193 e. The lowest BCUT2D eigenvalue weighted by molar-refractivity contribution is 0.961. The van der Waals surface area contributed by atoms with Crippen molar-refractivity contribution in [3.63, 3.8) is 0 Å². The minimum atomic E-state index is -0.0123. The van der Waals surface area contributed by atoms with Gasteiger partial charge in [-0.05, 0) is 30.0 Å². The minimum absolute atomic E-state index is 0.0123. The zero-order valence-electron chi connectivity index (χ0n) is 10.4. The monoisotopic (exact) mass is 281 g/mol. The van der Waals surface area contributed by atoms with Crippen molar-refractivity contribution in [2.75, 3.05) is 0 Å². The summed E-state index contributed by atoms with van der Waals surface area (Å²) in [6, 6.07) is 11.4. The highest BCUT2D eigenvalue weighted by molar-refractivity contribution is 7.99. The van der Waals surface area contributed by atoms with Crippen LogP contribution in [0.5, 0.6) is 0 Å². The first kappa shape index (κ1) is 12.6. The molecular weight excluding hydrogens is 270 g/mol. The number of pyridine rings is 1. The standard InChI is InChI=1S/C14H11N5S/c15-12(16)10-8-9-4-1-2-5-11(9)19-13(10)20-14-17-6-3-7-18-14/h1-8H,(H3,15,16). The van der Waals surface area contributed by atoms with Gasteiger partial charge in [0.25, 0.3) is 0 Å². The summed E-state index contributed by atoms with van der Waals surface area (Å²) in [4.78, 5) is 12.9. The van der Waals surface area contributed by atoms with Crippen LogP contribution in [0.2, 0.25) is 0 Å². The number of rotatable bonds is 3. The zero-order chi connectivity index (χ0) is 13.9. The lowest BCUT2D eigenvalue weighted by atomic mass is 10.1. The van der Waals surface area contributed by atoms with E-state index in [4.69, 9.17) is 11.1 Å². The first-order chi connectivity index (χ1) is 9.74. The van der Waals surface area contributed by atoms with Gasteiger partial charge in [-0.15, -0.1) is 0 Å². The summed E-state index contributed by atoms with van der Waals surface area (Å²) in [6.45, 7) is 0. The summed E-state index contributed by atoms with van der Waals surface area (Å²) in [5, 5.41) is 9.88. The number of hydrogen-bond donors (Lipinski definition) is 2. The van der Waals surface area contributed by atoms with Crippen molar-refractivity contribution in [3.8, 4) is 0 Å². The van der Waals surface area contributed by atoms with Crippen molar-refractivity contribution in [3.05, 3.63) is 54.4 Å². The predicted octanol–water partition coefficient (Wildman–Crippen LogP) is 2.46. The number of nitrogens with zero attached hydrogens (tertiary/aromatic N) is 3. The molecule has 20 heavy (non-hydrogen) atoms. The summed E-state index contributed by atoms with van der Waals surface area (Å²) in [5.41, 5.74) is 7.10. The minimum Gasteiger partial charge on any atom is -0.384 e. The number of para-hydroxylation sites is 1. The molecule has 0 radical (unpaired) electrons. The lowest BCUT2D eigenvalue weighted by Gasteiger charge is -2.08. The molecule has 0 saturated carbocycles. The molecule has 0 spiro atoms. The van der Waals surface area contributed by atoms with Crippen molar-refractivity contribution in [1.82, 2.24) is 15.0 Å². The van der Waals surface area contributed by atoms with Gasteiger partial charge in [-0.3, -0.25) is 5.41 Å². The van der Waals surface area contributed by atoms with E-state index in [2.05, 4.69) is 15.0 Å². The van der Waals surface area contributed by atoms with Crippen LogP contribution < -0.4 is 5.73 Å². The smallest absolute Gasteiger partial charge is 0.193 e. The third-order valence-corrected chi connectivity index (χ3v) is 3.61. The molecule has 3 rings (SSSR count). The Balaban J connectivity index is 2.12. The van der Waals surface area contributed by atoms with E-state index in [-0.39, 0.29) is 5.84 Å². The van der Waals surface area contributed by atoms with Gasteiger partial charge in [-0.1, -0.05) is 18.2 Å². The zero-order valence-corrected chi connectivity index (χ0v) is 11.3. The molecule has 0 aliphatic carbocycles. The molecule has 0 aliphatic rings. The number of aromatic nitrogens is 3. The number of fused-ring (bicyclic) bond motifs is 1. The average molecular weight is 281 g/mol. The highest BCUT2D eigenvalue weighted by atomic mass is 32.2. The van der Waals surface area contributed by atoms with Crippen LogP contribution >= 0.6 is 11.8 Å². The molecular formula is C14H11N5S. The largest absolute Gasteiger partial charge is 0.384 e. The van der Waals surface area contributed by atoms with Crippen LogP contribution in [0.1, 0.15) is 5.56 Å². The van der Waals surface area contributed by atoms with Crippen LogP contribution in [0.4, 0.5) is 0 Å². The van der Waals surface area contributed by atoms with Gasteiger partial charge < -0.3 is 5.73 Å². The number of amidine groups is 1. The van der Waals surface area contributed by atoms with Crippen LogP contribution in [0, 0.1) is 5.41 Å². The van der Waals surface area contributed by atoms with Gasteiger partial charge >= 0.3 is 0 Å². The molecule has 0 aliphatic heterocycles. The summed E-state index contributed by atoms with van der Waals surface area (Å²) >= 11 is 1.30. The van der Waals surface area contributed by atoms with E-state index < -0.39 is 0 Å². The topological polar surface area (TPSA) is 88.5 Å². The van der Waals surface area contributed by atoms with E-state index >= 15 is 0 Å². The molecule has 98 valence electrons. The van der Waals surface area contributed by atoms with Crippen molar-refractivity contribution in [2.24, 2.45) is 5.73 Å². The maximum atomic E-state index is 7.70. The van der Waals surface area contributed by atoms with E-state index in [1.807, 2.05) is 30.3 Å². The molecule has 0 amide bonds. The van der Waals surface area contributed by atoms with Crippen molar-refractivity contribution in [1.29, 1.82) is 5.41 Å². The molecule has 2 aromatic heterocycles. The fraction of sp³-hybridized carbons (Fsp3) is 0. The molecule has 5 nitrogen and oxygen atoms in total. The second kappa shape index (κ2) is 5.26. The lowest BCUT2D eigenvalue weighted by Crippen LogP contribution is -2.13. The molecule has 0 bridgehead atoms. The Morgan fingerprint density at radius 2 is 1.85 bits per heavy atom. The van der Waals surface area contributed by atoms with Crippen LogP contribution in [0.25, 0.3) is 10.9 Å². The number of hydrogen-bond acceptors (Lipinski definition) is 5. The van der Waals surface area contributed by atoms with Gasteiger partial charge in [0, 0.05) is 23.3 Å². The second-order valence-corrected chi connectivity index (χ2v) is 5.04. The predicted molar refractivity (Wildman–Crippen MR) is 78.9 cm³/mol. The molecule has 3 N–H and O–H groups in total. The molecule has 2 heterocycles. The Hall–Kier alpha value is -2.47. The van der Waals surface area contributed by atoms with Crippen LogP contribution in [0.15, 0.2) is 59.0 Å². The average Bonchev–Trinajstić information content (AvgIpc) is 2.47. The molecule has 3 aromatic rings. The van der Waals surface area contributed by atoms with Gasteiger partial charge in [0.1, 0.15) is 10.9 Å². The maximum absolute atomic E-state index is 7.70. The number of nitrogens with one attached hydrogen (secondary N) is 1. The summed E-state index contributed by atoms with van der Waals surface area (Å²) < 4.78 is 0. The Morgan fingerprint density at radius 3 is 2.60 bits per heavy atom. The van der Waals surface area contributed by atoms with Gasteiger partial charge in [0.05, 0.1) is 5.52 Å². The van der Waals surface area contributed by atoms with Crippen LogP contribution in [-0.2, 0) is 0 Å². The molecule has 0 saturated heterocycles. The van der Waals surface area contributed by atoms with E-state index in [1.54, 1.807) is 18.5 Å². The Labute approximate surface area is 119 Å². The number of benzene rings is 1. The first-order valence-corrected chi connectivity index (χ1v) is 6.75. The fourth-order valence-corrected chi connectivity index (χ4v) is 2.62. The van der Waals surface area contributed by atoms with Gasteiger partial charge in [0.15, 0.2) is 5.16 Å². The third kappa shape index (κ3) is 2.46. The normalized spacial score (nSPS) is 10.6. The first-order valence-electron chi connectivity index (χ1n) is 5.93. The fourth-order valence-electron chi connectivity index (χ4n) is 1.79. The van der Waals surface area contributed by atoms with Gasteiger partial charge in [0.2, 0.25) is 0 Å².